The molecule has 0 radical (unpaired) electrons. The second kappa shape index (κ2) is 5.99. The van der Waals surface area contributed by atoms with Crippen molar-refractivity contribution in [2.24, 2.45) is 0 Å². The molecule has 2 rings (SSSR count). The van der Waals surface area contributed by atoms with Crippen molar-refractivity contribution < 1.29 is 4.79 Å². The molecule has 0 bridgehead atoms. The van der Waals surface area contributed by atoms with Crippen molar-refractivity contribution >= 4 is 25.7 Å². The Morgan fingerprint density at radius 2 is 1.56 bits per heavy atom. The van der Waals surface area contributed by atoms with Gasteiger partial charge >= 0.3 is 114 Å². The number of rotatable bonds is 5. The molecule has 0 aromatic heterocycles. The van der Waals surface area contributed by atoms with Crippen LogP contribution >= 0.6 is 0 Å². The number of hydrogen-bond acceptors (Lipinski definition) is 1. The van der Waals surface area contributed by atoms with Crippen molar-refractivity contribution in [2.75, 3.05) is 0 Å². The van der Waals surface area contributed by atoms with Crippen LogP contribution in [0, 0.1) is 0 Å². The van der Waals surface area contributed by atoms with E-state index in [1.807, 2.05) is 36.4 Å². The fourth-order valence-electron chi connectivity index (χ4n) is 1.86. The van der Waals surface area contributed by atoms with Crippen LogP contribution in [0.2, 0.25) is 4.31 Å². The molecule has 0 saturated heterocycles. The predicted octanol–water partition coefficient (Wildman–Crippen LogP) is 2.64. The van der Waals surface area contributed by atoms with Gasteiger partial charge in [-0.3, -0.25) is 0 Å². The van der Waals surface area contributed by atoms with E-state index in [1.54, 1.807) is 0 Å². The number of carbonyl (C=O) groups excluding carboxylic acids is 1. The molecule has 0 spiro atoms. The summed E-state index contributed by atoms with van der Waals surface area (Å²) >= 11 is 0.159. The van der Waals surface area contributed by atoms with E-state index in [0.717, 1.165) is 12.7 Å². The molecule has 0 fully saturated rings. The predicted molar refractivity (Wildman–Crippen MR) is 76.4 cm³/mol. The van der Waals surface area contributed by atoms with Crippen molar-refractivity contribution in [1.29, 1.82) is 0 Å². The Balaban J connectivity index is 2.13. The van der Waals surface area contributed by atoms with Gasteiger partial charge in [0.25, 0.3) is 0 Å². The van der Waals surface area contributed by atoms with Gasteiger partial charge in [-0.25, -0.2) is 0 Å². The summed E-state index contributed by atoms with van der Waals surface area (Å²) in [6, 6.07) is 20.5. The number of aldehydes is 1. The van der Waals surface area contributed by atoms with Gasteiger partial charge in [0.1, 0.15) is 0 Å². The van der Waals surface area contributed by atoms with Crippen LogP contribution in [0.25, 0.3) is 0 Å². The van der Waals surface area contributed by atoms with Crippen LogP contribution in [-0.4, -0.2) is 21.2 Å². The monoisotopic (exact) mass is 304 g/mol. The summed E-state index contributed by atoms with van der Waals surface area (Å²) in [6.45, 7) is 2.06. The summed E-state index contributed by atoms with van der Waals surface area (Å²) in [7, 11) is 0. The van der Waals surface area contributed by atoms with Gasteiger partial charge < -0.3 is 0 Å². The van der Waals surface area contributed by atoms with E-state index in [9.17, 15) is 4.79 Å². The average Bonchev–Trinajstić information content (AvgIpc) is 2.41. The van der Waals surface area contributed by atoms with Crippen LogP contribution in [0.5, 0.6) is 0 Å². The van der Waals surface area contributed by atoms with E-state index in [2.05, 4.69) is 31.2 Å². The third-order valence-corrected chi connectivity index (χ3v) is 5.29. The molecule has 1 atom stereocenters. The minimum atomic E-state index is -0.268. The van der Waals surface area contributed by atoms with Gasteiger partial charge in [-0.05, 0) is 0 Å². The summed E-state index contributed by atoms with van der Waals surface area (Å²) in [5.41, 5.74) is 1.23. The zero-order valence-electron chi connectivity index (χ0n) is 10.4. The SMILES string of the molecule is CC(C=O)(Cc1ccccc1)[Se]c1ccccc1. The quantitative estimate of drug-likeness (QED) is 0.613. The van der Waals surface area contributed by atoms with Crippen LogP contribution in [0.4, 0.5) is 0 Å². The van der Waals surface area contributed by atoms with Crippen molar-refractivity contribution in [3.05, 3.63) is 66.2 Å². The van der Waals surface area contributed by atoms with Crippen LogP contribution in [-0.2, 0) is 11.2 Å². The maximum atomic E-state index is 11.5. The van der Waals surface area contributed by atoms with Crippen molar-refractivity contribution in [1.82, 2.24) is 0 Å². The summed E-state index contributed by atoms with van der Waals surface area (Å²) in [5, 5.41) is 0. The molecule has 0 N–H and O–H groups in total. The molecule has 2 aromatic carbocycles. The van der Waals surface area contributed by atoms with Gasteiger partial charge in [-0.15, -0.1) is 0 Å². The van der Waals surface area contributed by atoms with Gasteiger partial charge in [0, 0.05) is 0 Å². The number of carbonyl (C=O) groups is 1. The van der Waals surface area contributed by atoms with Crippen LogP contribution < -0.4 is 4.46 Å². The molecule has 0 saturated carbocycles. The second-order valence-corrected chi connectivity index (χ2v) is 7.88. The van der Waals surface area contributed by atoms with Gasteiger partial charge in [0.05, 0.1) is 0 Å². The third-order valence-electron chi connectivity index (χ3n) is 2.74. The molecule has 0 aliphatic heterocycles. The normalized spacial score (nSPS) is 13.8. The Labute approximate surface area is 114 Å². The van der Waals surface area contributed by atoms with E-state index in [0.29, 0.717) is 0 Å². The van der Waals surface area contributed by atoms with Gasteiger partial charge in [0.2, 0.25) is 0 Å². The fourth-order valence-corrected chi connectivity index (χ4v) is 4.21. The molecule has 1 nitrogen and oxygen atoms in total. The molecular formula is C16H16OSe. The Morgan fingerprint density at radius 3 is 2.11 bits per heavy atom. The summed E-state index contributed by atoms with van der Waals surface area (Å²) < 4.78 is 1.01. The fraction of sp³-hybridized carbons (Fsp3) is 0.188. The third kappa shape index (κ3) is 3.56. The van der Waals surface area contributed by atoms with Crippen LogP contribution in [0.1, 0.15) is 12.5 Å². The minimum absolute atomic E-state index is 0.159. The molecule has 2 aromatic rings. The Morgan fingerprint density at radius 1 is 1.00 bits per heavy atom. The first kappa shape index (κ1) is 13.1. The molecule has 0 amide bonds. The molecule has 18 heavy (non-hydrogen) atoms. The number of hydrogen-bond donors (Lipinski definition) is 0. The first-order valence-corrected chi connectivity index (χ1v) is 7.67. The van der Waals surface area contributed by atoms with Crippen molar-refractivity contribution in [3.8, 4) is 0 Å². The van der Waals surface area contributed by atoms with Crippen LogP contribution in [0.15, 0.2) is 60.7 Å². The number of benzene rings is 2. The maximum absolute atomic E-state index is 11.5. The van der Waals surface area contributed by atoms with E-state index < -0.39 is 0 Å². The molecule has 0 aliphatic rings. The topological polar surface area (TPSA) is 17.1 Å². The Kier molecular flexibility index (Phi) is 4.35. The van der Waals surface area contributed by atoms with E-state index in [-0.39, 0.29) is 19.3 Å². The summed E-state index contributed by atoms with van der Waals surface area (Å²) in [6.07, 6.45) is 1.93. The van der Waals surface area contributed by atoms with Crippen LogP contribution in [0.3, 0.4) is 0 Å². The molecule has 0 heterocycles. The zero-order chi connectivity index (χ0) is 12.8. The van der Waals surface area contributed by atoms with E-state index >= 15 is 0 Å². The first-order chi connectivity index (χ1) is 8.72. The Hall–Kier alpha value is -1.37. The first-order valence-electron chi connectivity index (χ1n) is 5.96. The second-order valence-electron chi connectivity index (χ2n) is 4.51. The summed E-state index contributed by atoms with van der Waals surface area (Å²) in [5.74, 6) is 0. The average molecular weight is 303 g/mol. The standard InChI is InChI=1S/C16H16OSe/c1-16(13-17,12-14-8-4-2-5-9-14)18-15-10-6-3-7-11-15/h2-11,13H,12H2,1H3. The van der Waals surface area contributed by atoms with E-state index in [4.69, 9.17) is 0 Å². The Bertz CT molecular complexity index is 452. The van der Waals surface area contributed by atoms with E-state index in [1.165, 1.54) is 10.0 Å². The molecule has 92 valence electrons. The molecule has 1 unspecified atom stereocenters. The van der Waals surface area contributed by atoms with Gasteiger partial charge in [-0.1, -0.05) is 0 Å². The molecular weight excluding hydrogens is 287 g/mol. The van der Waals surface area contributed by atoms with Gasteiger partial charge in [0.15, 0.2) is 0 Å². The molecule has 0 aliphatic carbocycles. The summed E-state index contributed by atoms with van der Waals surface area (Å²) in [4.78, 5) is 11.5. The van der Waals surface area contributed by atoms with Crippen molar-refractivity contribution in [2.45, 2.75) is 17.7 Å². The van der Waals surface area contributed by atoms with Crippen molar-refractivity contribution in [3.63, 3.8) is 0 Å². The van der Waals surface area contributed by atoms with Gasteiger partial charge in [-0.2, -0.15) is 0 Å². The molecule has 2 heteroatoms. The zero-order valence-corrected chi connectivity index (χ0v) is 12.1.